The Kier molecular flexibility index (Phi) is 8.33. The van der Waals surface area contributed by atoms with Crippen LogP contribution in [0.25, 0.3) is 16.8 Å². The van der Waals surface area contributed by atoms with Crippen LogP contribution in [0.1, 0.15) is 44.9 Å². The fourth-order valence-electron chi connectivity index (χ4n) is 5.35. The van der Waals surface area contributed by atoms with E-state index in [0.717, 1.165) is 16.3 Å². The molecule has 9 heteroatoms. The van der Waals surface area contributed by atoms with Gasteiger partial charge in [-0.3, -0.25) is 14.2 Å². The summed E-state index contributed by atoms with van der Waals surface area (Å²) in [6.45, 7) is 9.17. The number of hydrogen-bond donors (Lipinski definition) is 0. The summed E-state index contributed by atoms with van der Waals surface area (Å²) in [5, 5.41) is 2.42. The number of likely N-dealkylation sites (N-methyl/N-ethyl adjacent to an activating group) is 1. The van der Waals surface area contributed by atoms with E-state index in [-0.39, 0.29) is 11.5 Å². The van der Waals surface area contributed by atoms with Gasteiger partial charge in [-0.25, -0.2) is 4.99 Å². The number of carbonyl (C=O) groups is 1. The number of allylic oxidation sites excluding steroid dienone is 1. The fourth-order valence-corrected chi connectivity index (χ4v) is 6.56. The average molecular weight is 590 g/mol. The lowest BCUT2D eigenvalue weighted by Gasteiger charge is -2.30. The van der Waals surface area contributed by atoms with Crippen LogP contribution < -0.4 is 24.4 Å². The molecule has 1 aromatic heterocycles. The van der Waals surface area contributed by atoms with E-state index in [9.17, 15) is 9.59 Å². The molecule has 0 bridgehead atoms. The Morgan fingerprint density at radius 3 is 2.54 bits per heavy atom. The third-order valence-electron chi connectivity index (χ3n) is 7.29. The molecule has 1 amide bonds. The minimum Gasteiger partial charge on any atom is -0.496 e. The van der Waals surface area contributed by atoms with Crippen LogP contribution in [0.3, 0.4) is 0 Å². The van der Waals surface area contributed by atoms with Gasteiger partial charge < -0.3 is 14.4 Å². The molecule has 3 aromatic carbocycles. The van der Waals surface area contributed by atoms with E-state index in [2.05, 4.69) is 0 Å². The van der Waals surface area contributed by atoms with Crippen LogP contribution in [0.5, 0.6) is 11.5 Å². The van der Waals surface area contributed by atoms with Crippen LogP contribution in [0.4, 0.5) is 0 Å². The standard InChI is InChI=1S/C32H32ClN3O4S/c1-6-35(7-2)31(38)27-19(4)34-32-36(29(27)28-23-12-10-9-11-20(23)13-15-25(28)39-5)30(37)26(41-32)18-21-17-22(33)14-16-24(21)40-8-3/h9-18,29H,6-8H2,1-5H3/b26-18+/t29-/m1/s1. The van der Waals surface area contributed by atoms with E-state index in [0.29, 0.717) is 62.4 Å². The number of thiazole rings is 1. The Morgan fingerprint density at radius 1 is 1.10 bits per heavy atom. The van der Waals surface area contributed by atoms with Gasteiger partial charge in [0.1, 0.15) is 17.5 Å². The van der Waals surface area contributed by atoms with E-state index in [1.54, 1.807) is 40.9 Å². The van der Waals surface area contributed by atoms with Crippen molar-refractivity contribution in [2.24, 2.45) is 4.99 Å². The van der Waals surface area contributed by atoms with Crippen LogP contribution in [0, 0.1) is 0 Å². The van der Waals surface area contributed by atoms with Gasteiger partial charge >= 0.3 is 0 Å². The van der Waals surface area contributed by atoms with E-state index in [1.807, 2.05) is 64.1 Å². The van der Waals surface area contributed by atoms with Crippen molar-refractivity contribution in [2.45, 2.75) is 33.7 Å². The highest BCUT2D eigenvalue weighted by Gasteiger charge is 2.36. The highest BCUT2D eigenvalue weighted by Crippen LogP contribution is 2.40. The molecule has 0 saturated carbocycles. The van der Waals surface area contributed by atoms with Crippen molar-refractivity contribution in [1.29, 1.82) is 0 Å². The minimum atomic E-state index is -0.742. The molecule has 212 valence electrons. The summed E-state index contributed by atoms with van der Waals surface area (Å²) < 4.78 is 13.8. The third-order valence-corrected chi connectivity index (χ3v) is 8.50. The average Bonchev–Trinajstić information content (AvgIpc) is 3.27. The van der Waals surface area contributed by atoms with Crippen molar-refractivity contribution in [2.75, 3.05) is 26.8 Å². The normalized spacial score (nSPS) is 15.1. The Hall–Kier alpha value is -3.88. The van der Waals surface area contributed by atoms with Crippen molar-refractivity contribution in [1.82, 2.24) is 9.47 Å². The van der Waals surface area contributed by atoms with Gasteiger partial charge in [-0.2, -0.15) is 0 Å². The topological polar surface area (TPSA) is 73.1 Å². The zero-order valence-electron chi connectivity index (χ0n) is 23.7. The number of fused-ring (bicyclic) bond motifs is 2. The molecule has 2 heterocycles. The minimum absolute atomic E-state index is 0.154. The smallest absolute Gasteiger partial charge is 0.271 e. The van der Waals surface area contributed by atoms with Gasteiger partial charge in [0.2, 0.25) is 0 Å². The molecule has 0 radical (unpaired) electrons. The van der Waals surface area contributed by atoms with Gasteiger partial charge in [0.05, 0.1) is 29.5 Å². The Bertz CT molecular complexity index is 1850. The first-order chi connectivity index (χ1) is 19.8. The highest BCUT2D eigenvalue weighted by atomic mass is 35.5. The van der Waals surface area contributed by atoms with Gasteiger partial charge in [-0.15, -0.1) is 0 Å². The number of halogens is 1. The number of carbonyl (C=O) groups excluding carboxylic acids is 1. The molecule has 7 nitrogen and oxygen atoms in total. The number of ether oxygens (including phenoxy) is 2. The summed E-state index contributed by atoms with van der Waals surface area (Å²) in [6, 6.07) is 16.4. The predicted octanol–water partition coefficient (Wildman–Crippen LogP) is 5.32. The van der Waals surface area contributed by atoms with Crippen molar-refractivity contribution in [3.63, 3.8) is 0 Å². The number of amides is 1. The Morgan fingerprint density at radius 2 is 1.83 bits per heavy atom. The summed E-state index contributed by atoms with van der Waals surface area (Å²) in [4.78, 5) is 35.4. The molecule has 0 aliphatic carbocycles. The maximum absolute atomic E-state index is 14.3. The van der Waals surface area contributed by atoms with Crippen LogP contribution in [-0.4, -0.2) is 42.2 Å². The van der Waals surface area contributed by atoms with E-state index >= 15 is 0 Å². The number of methoxy groups -OCH3 is 1. The van der Waals surface area contributed by atoms with Gasteiger partial charge in [0.15, 0.2) is 4.80 Å². The molecule has 1 aliphatic rings. The van der Waals surface area contributed by atoms with Crippen LogP contribution in [0.15, 0.2) is 75.7 Å². The lowest BCUT2D eigenvalue weighted by atomic mass is 9.90. The predicted molar refractivity (Wildman–Crippen MR) is 165 cm³/mol. The number of hydrogen-bond acceptors (Lipinski definition) is 6. The molecular weight excluding hydrogens is 558 g/mol. The van der Waals surface area contributed by atoms with E-state index < -0.39 is 6.04 Å². The second-order valence-electron chi connectivity index (χ2n) is 9.58. The summed E-state index contributed by atoms with van der Waals surface area (Å²) in [6.07, 6.45) is 1.78. The van der Waals surface area contributed by atoms with Gasteiger partial charge in [-0.05, 0) is 68.8 Å². The first-order valence-electron chi connectivity index (χ1n) is 13.6. The second kappa shape index (κ2) is 11.9. The lowest BCUT2D eigenvalue weighted by Crippen LogP contribution is -2.43. The van der Waals surface area contributed by atoms with Crippen molar-refractivity contribution >= 4 is 45.7 Å². The second-order valence-corrected chi connectivity index (χ2v) is 11.0. The number of benzene rings is 3. The first kappa shape index (κ1) is 28.6. The van der Waals surface area contributed by atoms with E-state index in [1.165, 1.54) is 11.3 Å². The summed E-state index contributed by atoms with van der Waals surface area (Å²) >= 11 is 7.58. The van der Waals surface area contributed by atoms with Crippen LogP contribution in [-0.2, 0) is 4.79 Å². The fraction of sp³-hybridized carbons (Fsp3) is 0.281. The number of aromatic nitrogens is 1. The molecular formula is C32H32ClN3O4S. The number of nitrogens with zero attached hydrogens (tertiary/aromatic N) is 3. The zero-order valence-corrected chi connectivity index (χ0v) is 25.3. The molecule has 0 saturated heterocycles. The molecule has 41 heavy (non-hydrogen) atoms. The monoisotopic (exact) mass is 589 g/mol. The van der Waals surface area contributed by atoms with Crippen molar-refractivity contribution in [3.05, 3.63) is 102 Å². The zero-order chi connectivity index (χ0) is 29.3. The van der Waals surface area contributed by atoms with Gasteiger partial charge in [0.25, 0.3) is 11.5 Å². The maximum atomic E-state index is 14.3. The van der Waals surface area contributed by atoms with Crippen LogP contribution in [0.2, 0.25) is 5.02 Å². The lowest BCUT2D eigenvalue weighted by molar-refractivity contribution is -0.127. The van der Waals surface area contributed by atoms with Crippen molar-refractivity contribution in [3.8, 4) is 11.5 Å². The molecule has 5 rings (SSSR count). The Balaban J connectivity index is 1.85. The van der Waals surface area contributed by atoms with Crippen molar-refractivity contribution < 1.29 is 14.3 Å². The molecule has 0 fully saturated rings. The quantitative estimate of drug-likeness (QED) is 0.279. The Labute approximate surface area is 247 Å². The molecule has 1 atom stereocenters. The molecule has 4 aromatic rings. The maximum Gasteiger partial charge on any atom is 0.271 e. The summed E-state index contributed by atoms with van der Waals surface area (Å²) in [5.74, 6) is 1.07. The molecule has 0 unspecified atom stereocenters. The number of rotatable bonds is 8. The SMILES string of the molecule is CCOc1ccc(Cl)cc1/C=c1/sc2n(c1=O)[C@@H](c1c(OC)ccc3ccccc13)C(C(=O)N(CC)CC)=C(C)N=2. The summed E-state index contributed by atoms with van der Waals surface area (Å²) in [5.41, 5.74) is 2.22. The summed E-state index contributed by atoms with van der Waals surface area (Å²) in [7, 11) is 1.61. The van der Waals surface area contributed by atoms with E-state index in [4.69, 9.17) is 26.1 Å². The largest absolute Gasteiger partial charge is 0.496 e. The molecule has 0 N–H and O–H groups in total. The van der Waals surface area contributed by atoms with Gasteiger partial charge in [0, 0.05) is 29.2 Å². The first-order valence-corrected chi connectivity index (χ1v) is 14.8. The highest BCUT2D eigenvalue weighted by molar-refractivity contribution is 7.07. The third kappa shape index (κ3) is 5.18. The molecule has 0 spiro atoms. The molecule has 1 aliphatic heterocycles. The van der Waals surface area contributed by atoms with Crippen LogP contribution >= 0.6 is 22.9 Å². The van der Waals surface area contributed by atoms with Gasteiger partial charge in [-0.1, -0.05) is 53.3 Å².